The Kier molecular flexibility index (Phi) is 1.43. The minimum atomic E-state index is 0.0567. The smallest absolute Gasteiger partial charge is 0.252 e. The summed E-state index contributed by atoms with van der Waals surface area (Å²) in [5.41, 5.74) is 3.18. The first kappa shape index (κ1) is 7.35. The minimum Gasteiger partial charge on any atom is -0.345 e. The minimum absolute atomic E-state index is 0.0567. The summed E-state index contributed by atoms with van der Waals surface area (Å²) < 4.78 is 0. The van der Waals surface area contributed by atoms with Crippen LogP contribution in [0.3, 0.4) is 0 Å². The first-order chi connectivity index (χ1) is 5.70. The van der Waals surface area contributed by atoms with Crippen LogP contribution < -0.4 is 5.32 Å². The van der Waals surface area contributed by atoms with Crippen molar-refractivity contribution in [2.24, 2.45) is 0 Å². The molecular weight excluding hydrogens is 150 g/mol. The summed E-state index contributed by atoms with van der Waals surface area (Å²) in [5.74, 6) is 0.0567. The number of carbonyl (C=O) groups excluding carboxylic acids is 1. The van der Waals surface area contributed by atoms with Gasteiger partial charge in [0, 0.05) is 5.56 Å². The quantitative estimate of drug-likeness (QED) is 0.617. The zero-order valence-electron chi connectivity index (χ0n) is 7.22. The molecule has 62 valence electrons. The SMILES string of the molecule is Cc1cccc2c1C(C)NC2=O. The van der Waals surface area contributed by atoms with Gasteiger partial charge in [0.15, 0.2) is 0 Å². The number of hydrogen-bond donors (Lipinski definition) is 1. The molecule has 1 atom stereocenters. The number of carbonyl (C=O) groups is 1. The topological polar surface area (TPSA) is 29.1 Å². The molecule has 0 bridgehead atoms. The van der Waals surface area contributed by atoms with Gasteiger partial charge in [-0.3, -0.25) is 4.79 Å². The maximum absolute atomic E-state index is 11.3. The van der Waals surface area contributed by atoms with Gasteiger partial charge in [-0.25, -0.2) is 0 Å². The van der Waals surface area contributed by atoms with Gasteiger partial charge < -0.3 is 5.32 Å². The normalized spacial score (nSPS) is 20.5. The third-order valence-corrected chi connectivity index (χ3v) is 2.35. The van der Waals surface area contributed by atoms with Gasteiger partial charge in [0.1, 0.15) is 0 Å². The molecule has 1 aliphatic rings. The van der Waals surface area contributed by atoms with E-state index in [1.54, 1.807) is 0 Å². The summed E-state index contributed by atoms with van der Waals surface area (Å²) >= 11 is 0. The Morgan fingerprint density at radius 2 is 2.17 bits per heavy atom. The Labute approximate surface area is 71.6 Å². The van der Waals surface area contributed by atoms with Crippen LogP contribution in [0.25, 0.3) is 0 Å². The number of hydrogen-bond acceptors (Lipinski definition) is 1. The Hall–Kier alpha value is -1.31. The molecule has 0 saturated heterocycles. The predicted octanol–water partition coefficient (Wildman–Crippen LogP) is 1.80. The van der Waals surface area contributed by atoms with Gasteiger partial charge in [-0.05, 0) is 31.0 Å². The van der Waals surface area contributed by atoms with Crippen molar-refractivity contribution in [2.45, 2.75) is 19.9 Å². The highest BCUT2D eigenvalue weighted by atomic mass is 16.2. The molecule has 1 heterocycles. The number of aryl methyl sites for hydroxylation is 1. The lowest BCUT2D eigenvalue weighted by Crippen LogP contribution is -2.16. The first-order valence-electron chi connectivity index (χ1n) is 4.10. The van der Waals surface area contributed by atoms with Crippen LogP contribution in [0.2, 0.25) is 0 Å². The van der Waals surface area contributed by atoms with E-state index in [1.165, 1.54) is 5.56 Å². The first-order valence-corrected chi connectivity index (χ1v) is 4.10. The van der Waals surface area contributed by atoms with Crippen molar-refractivity contribution in [3.8, 4) is 0 Å². The average Bonchev–Trinajstić information content (AvgIpc) is 2.29. The molecule has 0 aliphatic carbocycles. The van der Waals surface area contributed by atoms with Gasteiger partial charge in [0.2, 0.25) is 0 Å². The van der Waals surface area contributed by atoms with Gasteiger partial charge in [0.05, 0.1) is 6.04 Å². The second kappa shape index (κ2) is 2.34. The zero-order valence-corrected chi connectivity index (χ0v) is 7.22. The molecule has 1 unspecified atom stereocenters. The van der Waals surface area contributed by atoms with Crippen LogP contribution >= 0.6 is 0 Å². The van der Waals surface area contributed by atoms with Gasteiger partial charge >= 0.3 is 0 Å². The van der Waals surface area contributed by atoms with Gasteiger partial charge in [0.25, 0.3) is 5.91 Å². The van der Waals surface area contributed by atoms with Crippen molar-refractivity contribution in [1.29, 1.82) is 0 Å². The molecule has 1 N–H and O–H groups in total. The lowest BCUT2D eigenvalue weighted by Gasteiger charge is -2.05. The molecule has 1 amide bonds. The predicted molar refractivity (Wildman–Crippen MR) is 47.1 cm³/mol. The zero-order chi connectivity index (χ0) is 8.72. The summed E-state index contributed by atoms with van der Waals surface area (Å²) in [5, 5.41) is 2.88. The summed E-state index contributed by atoms with van der Waals surface area (Å²) in [7, 11) is 0. The van der Waals surface area contributed by atoms with Crippen molar-refractivity contribution in [3.63, 3.8) is 0 Å². The second-order valence-electron chi connectivity index (χ2n) is 3.23. The van der Waals surface area contributed by atoms with Crippen molar-refractivity contribution >= 4 is 5.91 Å². The van der Waals surface area contributed by atoms with E-state index >= 15 is 0 Å². The average molecular weight is 161 g/mol. The Morgan fingerprint density at radius 3 is 2.83 bits per heavy atom. The Morgan fingerprint density at radius 1 is 1.42 bits per heavy atom. The highest BCUT2D eigenvalue weighted by Gasteiger charge is 2.25. The van der Waals surface area contributed by atoms with E-state index < -0.39 is 0 Å². The molecule has 0 spiro atoms. The van der Waals surface area contributed by atoms with E-state index in [1.807, 2.05) is 32.0 Å². The number of benzene rings is 1. The van der Waals surface area contributed by atoms with E-state index in [0.717, 1.165) is 11.1 Å². The van der Waals surface area contributed by atoms with E-state index in [2.05, 4.69) is 5.32 Å². The van der Waals surface area contributed by atoms with Crippen molar-refractivity contribution in [3.05, 3.63) is 34.9 Å². The fourth-order valence-electron chi connectivity index (χ4n) is 1.80. The van der Waals surface area contributed by atoms with Crippen molar-refractivity contribution in [1.82, 2.24) is 5.32 Å². The molecule has 1 aliphatic heterocycles. The highest BCUT2D eigenvalue weighted by Crippen LogP contribution is 2.27. The third-order valence-electron chi connectivity index (χ3n) is 2.35. The third kappa shape index (κ3) is 0.843. The fraction of sp³-hybridized carbons (Fsp3) is 0.300. The second-order valence-corrected chi connectivity index (χ2v) is 3.23. The molecule has 1 aromatic rings. The van der Waals surface area contributed by atoms with Gasteiger partial charge in [-0.15, -0.1) is 0 Å². The summed E-state index contributed by atoms with van der Waals surface area (Å²) in [4.78, 5) is 11.3. The monoisotopic (exact) mass is 161 g/mol. The van der Waals surface area contributed by atoms with Gasteiger partial charge in [-0.1, -0.05) is 12.1 Å². The highest BCUT2D eigenvalue weighted by molar-refractivity contribution is 5.99. The summed E-state index contributed by atoms with van der Waals surface area (Å²) in [6.07, 6.45) is 0. The Balaban J connectivity index is 2.67. The van der Waals surface area contributed by atoms with Crippen LogP contribution in [0.15, 0.2) is 18.2 Å². The Bertz CT molecular complexity index is 344. The summed E-state index contributed by atoms with van der Waals surface area (Å²) in [6, 6.07) is 6.01. The maximum atomic E-state index is 11.3. The van der Waals surface area contributed by atoms with Crippen LogP contribution in [0.5, 0.6) is 0 Å². The van der Waals surface area contributed by atoms with Gasteiger partial charge in [-0.2, -0.15) is 0 Å². The summed E-state index contributed by atoms with van der Waals surface area (Å²) in [6.45, 7) is 4.05. The van der Waals surface area contributed by atoms with Crippen LogP contribution in [-0.4, -0.2) is 5.91 Å². The maximum Gasteiger partial charge on any atom is 0.252 e. The molecule has 2 rings (SSSR count). The van der Waals surface area contributed by atoms with Crippen LogP contribution in [0.1, 0.15) is 34.5 Å². The van der Waals surface area contributed by atoms with Crippen LogP contribution in [0, 0.1) is 6.92 Å². The van der Waals surface area contributed by atoms with Crippen molar-refractivity contribution < 1.29 is 4.79 Å². The lowest BCUT2D eigenvalue weighted by atomic mass is 10.0. The van der Waals surface area contributed by atoms with E-state index in [0.29, 0.717) is 0 Å². The molecule has 1 aromatic carbocycles. The van der Waals surface area contributed by atoms with E-state index in [-0.39, 0.29) is 11.9 Å². The number of nitrogens with one attached hydrogen (secondary N) is 1. The number of amides is 1. The largest absolute Gasteiger partial charge is 0.345 e. The van der Waals surface area contributed by atoms with E-state index in [4.69, 9.17) is 0 Å². The molecule has 0 radical (unpaired) electrons. The van der Waals surface area contributed by atoms with Crippen LogP contribution in [0.4, 0.5) is 0 Å². The lowest BCUT2D eigenvalue weighted by molar-refractivity contribution is 0.0958. The van der Waals surface area contributed by atoms with Crippen LogP contribution in [-0.2, 0) is 0 Å². The molecular formula is C10H11NO. The number of fused-ring (bicyclic) bond motifs is 1. The molecule has 0 aromatic heterocycles. The standard InChI is InChI=1S/C10H11NO/c1-6-4-3-5-8-9(6)7(2)11-10(8)12/h3-5,7H,1-2H3,(H,11,12). The molecule has 0 saturated carbocycles. The molecule has 0 fully saturated rings. The fourth-order valence-corrected chi connectivity index (χ4v) is 1.80. The van der Waals surface area contributed by atoms with E-state index in [9.17, 15) is 4.79 Å². The molecule has 12 heavy (non-hydrogen) atoms. The molecule has 2 nitrogen and oxygen atoms in total. The molecule has 2 heteroatoms. The van der Waals surface area contributed by atoms with Crippen molar-refractivity contribution in [2.75, 3.05) is 0 Å². The number of rotatable bonds is 0.